The Morgan fingerprint density at radius 2 is 1.65 bits per heavy atom. The van der Waals surface area contributed by atoms with E-state index >= 15 is 0 Å². The highest BCUT2D eigenvalue weighted by atomic mass is 32.2. The number of fused-ring (bicyclic) bond motifs is 1. The molecule has 0 aliphatic carbocycles. The van der Waals surface area contributed by atoms with Gasteiger partial charge < -0.3 is 9.47 Å². The molecule has 124 valence electrons. The summed E-state index contributed by atoms with van der Waals surface area (Å²) in [7, 11) is 2.16. The summed E-state index contributed by atoms with van der Waals surface area (Å²) in [4.78, 5) is 1.59. The number of benzene rings is 2. The maximum atomic E-state index is 5.65. The van der Waals surface area contributed by atoms with Crippen molar-refractivity contribution in [1.29, 1.82) is 0 Å². The van der Waals surface area contributed by atoms with Crippen molar-refractivity contribution in [2.24, 2.45) is 0 Å². The molecule has 1 aliphatic heterocycles. The van der Waals surface area contributed by atoms with Crippen LogP contribution in [0.1, 0.15) is 24.8 Å². The second-order valence-corrected chi connectivity index (χ2v) is 8.33. The minimum Gasteiger partial charge on any atom is -0.382 e. The third-order valence-electron chi connectivity index (χ3n) is 4.51. The molecule has 0 amide bonds. The zero-order valence-corrected chi connectivity index (χ0v) is 14.9. The summed E-state index contributed by atoms with van der Waals surface area (Å²) in [6.07, 6.45) is 5.18. The minimum atomic E-state index is 0.451. The van der Waals surface area contributed by atoms with E-state index in [0.717, 1.165) is 13.0 Å². The molecule has 2 nitrogen and oxygen atoms in total. The van der Waals surface area contributed by atoms with Crippen LogP contribution in [0.5, 0.6) is 0 Å². The summed E-state index contributed by atoms with van der Waals surface area (Å²) in [5, 5.41) is 2.88. The van der Waals surface area contributed by atoms with Gasteiger partial charge in [0.05, 0.1) is 19.8 Å². The van der Waals surface area contributed by atoms with E-state index in [2.05, 4.69) is 36.4 Å². The molecule has 2 aromatic carbocycles. The van der Waals surface area contributed by atoms with Gasteiger partial charge in [0.15, 0.2) is 4.90 Å². The first kappa shape index (κ1) is 16.8. The fourth-order valence-electron chi connectivity index (χ4n) is 3.28. The average Bonchev–Trinajstić information content (AvgIpc) is 2.62. The predicted octanol–water partition coefficient (Wildman–Crippen LogP) is 4.21. The van der Waals surface area contributed by atoms with Crippen molar-refractivity contribution in [3.63, 3.8) is 0 Å². The predicted molar refractivity (Wildman–Crippen MR) is 99.6 cm³/mol. The highest BCUT2D eigenvalue weighted by Gasteiger charge is 2.26. The lowest BCUT2D eigenvalue weighted by atomic mass is 10.0. The fraction of sp³-hybridized carbons (Fsp3) is 0.500. The molecule has 0 aromatic heterocycles. The average molecular weight is 332 g/mol. The fourth-order valence-corrected chi connectivity index (χ4v) is 5.78. The Kier molecular flexibility index (Phi) is 6.37. The van der Waals surface area contributed by atoms with Gasteiger partial charge in [-0.1, -0.05) is 24.3 Å². The van der Waals surface area contributed by atoms with Crippen LogP contribution in [-0.4, -0.2) is 38.4 Å². The third-order valence-corrected chi connectivity index (χ3v) is 7.06. The highest BCUT2D eigenvalue weighted by Crippen LogP contribution is 2.31. The normalized spacial score (nSPS) is 16.0. The van der Waals surface area contributed by atoms with Crippen LogP contribution in [0.4, 0.5) is 0 Å². The summed E-state index contributed by atoms with van der Waals surface area (Å²) < 4.78 is 10.7. The van der Waals surface area contributed by atoms with Gasteiger partial charge in [-0.2, -0.15) is 0 Å². The Morgan fingerprint density at radius 3 is 2.43 bits per heavy atom. The standard InChI is InChI=1S/C20H27O2S/c1-21-13-14-22-12-11-17-9-10-20(23-15-5-2-6-16-23)19-8-4-3-7-18(17)19/h3-4,7-10H,2,5-6,11-16H2,1H3/q+1. The molecule has 0 bridgehead atoms. The maximum absolute atomic E-state index is 5.65. The molecule has 0 saturated carbocycles. The smallest absolute Gasteiger partial charge is 0.162 e. The Labute approximate surface area is 142 Å². The molecule has 0 atom stereocenters. The molecular formula is C20H27O2S+. The van der Waals surface area contributed by atoms with Gasteiger partial charge in [0.25, 0.3) is 0 Å². The van der Waals surface area contributed by atoms with Crippen molar-refractivity contribution in [2.75, 3.05) is 38.4 Å². The summed E-state index contributed by atoms with van der Waals surface area (Å²) in [5.41, 5.74) is 1.40. The Balaban J connectivity index is 1.78. The molecule has 0 spiro atoms. The van der Waals surface area contributed by atoms with Gasteiger partial charge >= 0.3 is 0 Å². The van der Waals surface area contributed by atoms with Gasteiger partial charge in [0.1, 0.15) is 11.5 Å². The van der Waals surface area contributed by atoms with E-state index in [4.69, 9.17) is 9.47 Å². The zero-order valence-electron chi connectivity index (χ0n) is 14.1. The van der Waals surface area contributed by atoms with Gasteiger partial charge in [-0.05, 0) is 48.8 Å². The molecule has 23 heavy (non-hydrogen) atoms. The summed E-state index contributed by atoms with van der Waals surface area (Å²) in [6, 6.07) is 13.6. The number of methoxy groups -OCH3 is 1. The van der Waals surface area contributed by atoms with Crippen LogP contribution in [0.15, 0.2) is 41.3 Å². The maximum Gasteiger partial charge on any atom is 0.162 e. The molecule has 3 rings (SSSR count). The van der Waals surface area contributed by atoms with Gasteiger partial charge in [-0.3, -0.25) is 0 Å². The van der Waals surface area contributed by atoms with E-state index in [-0.39, 0.29) is 0 Å². The molecule has 0 unspecified atom stereocenters. The zero-order chi connectivity index (χ0) is 15.9. The number of hydrogen-bond acceptors (Lipinski definition) is 2. The number of rotatable bonds is 7. The van der Waals surface area contributed by atoms with Crippen LogP contribution < -0.4 is 0 Å². The molecule has 1 fully saturated rings. The Bertz CT molecular complexity index is 620. The Morgan fingerprint density at radius 1 is 0.870 bits per heavy atom. The van der Waals surface area contributed by atoms with E-state index in [1.54, 1.807) is 12.0 Å². The van der Waals surface area contributed by atoms with Gasteiger partial charge in [0, 0.05) is 23.4 Å². The van der Waals surface area contributed by atoms with E-state index in [9.17, 15) is 0 Å². The van der Waals surface area contributed by atoms with Crippen LogP contribution in [0.25, 0.3) is 10.8 Å². The summed E-state index contributed by atoms with van der Waals surface area (Å²) >= 11 is 0. The van der Waals surface area contributed by atoms with Crippen molar-refractivity contribution in [2.45, 2.75) is 30.6 Å². The van der Waals surface area contributed by atoms with Crippen LogP contribution in [0.3, 0.4) is 0 Å². The van der Waals surface area contributed by atoms with Crippen molar-refractivity contribution >= 4 is 21.7 Å². The second kappa shape index (κ2) is 8.72. The topological polar surface area (TPSA) is 18.5 Å². The summed E-state index contributed by atoms with van der Waals surface area (Å²) in [5.74, 6) is 2.76. The molecule has 1 saturated heterocycles. The number of ether oxygens (including phenoxy) is 2. The van der Waals surface area contributed by atoms with Gasteiger partial charge in [-0.25, -0.2) is 0 Å². The summed E-state index contributed by atoms with van der Waals surface area (Å²) in [6.45, 7) is 2.11. The molecule has 1 heterocycles. The van der Waals surface area contributed by atoms with Crippen molar-refractivity contribution in [3.8, 4) is 0 Å². The third kappa shape index (κ3) is 4.28. The molecule has 0 radical (unpaired) electrons. The first-order valence-corrected chi connectivity index (χ1v) is 10.2. The first-order valence-electron chi connectivity index (χ1n) is 8.65. The first-order chi connectivity index (χ1) is 11.4. The van der Waals surface area contributed by atoms with Crippen molar-refractivity contribution in [3.05, 3.63) is 42.0 Å². The van der Waals surface area contributed by atoms with Crippen LogP contribution in [-0.2, 0) is 26.8 Å². The lowest BCUT2D eigenvalue weighted by Crippen LogP contribution is -2.18. The molecule has 1 aliphatic rings. The molecule has 0 N–H and O–H groups in total. The molecule has 3 heteroatoms. The minimum absolute atomic E-state index is 0.451. The SMILES string of the molecule is COCCOCCc1ccc([S+]2CCCCC2)c2ccccc12. The lowest BCUT2D eigenvalue weighted by molar-refractivity contribution is 0.0723. The molecule has 2 aromatic rings. The van der Waals surface area contributed by atoms with Gasteiger partial charge in [0.2, 0.25) is 0 Å². The quantitative estimate of drug-likeness (QED) is 0.559. The van der Waals surface area contributed by atoms with Crippen LogP contribution >= 0.6 is 0 Å². The van der Waals surface area contributed by atoms with E-state index in [1.807, 2.05) is 0 Å². The van der Waals surface area contributed by atoms with E-state index in [0.29, 0.717) is 24.1 Å². The number of hydrogen-bond donors (Lipinski definition) is 0. The van der Waals surface area contributed by atoms with E-state index < -0.39 is 0 Å². The van der Waals surface area contributed by atoms with E-state index in [1.165, 1.54) is 47.1 Å². The van der Waals surface area contributed by atoms with Crippen LogP contribution in [0.2, 0.25) is 0 Å². The van der Waals surface area contributed by atoms with Crippen molar-refractivity contribution < 1.29 is 9.47 Å². The van der Waals surface area contributed by atoms with Crippen molar-refractivity contribution in [1.82, 2.24) is 0 Å². The second-order valence-electron chi connectivity index (χ2n) is 6.09. The lowest BCUT2D eigenvalue weighted by Gasteiger charge is -2.16. The largest absolute Gasteiger partial charge is 0.382 e. The van der Waals surface area contributed by atoms with Gasteiger partial charge in [-0.15, -0.1) is 0 Å². The molecular weight excluding hydrogens is 304 g/mol. The monoisotopic (exact) mass is 331 g/mol. The highest BCUT2D eigenvalue weighted by molar-refractivity contribution is 7.97. The van der Waals surface area contributed by atoms with Crippen LogP contribution in [0, 0.1) is 0 Å². The Hall–Kier alpha value is -1.03.